The first kappa shape index (κ1) is 15.5. The van der Waals surface area contributed by atoms with Crippen molar-refractivity contribution < 1.29 is 4.39 Å². The fourth-order valence-corrected chi connectivity index (χ4v) is 4.52. The van der Waals surface area contributed by atoms with Gasteiger partial charge in [-0.2, -0.15) is 0 Å². The Labute approximate surface area is 162 Å². The van der Waals surface area contributed by atoms with Gasteiger partial charge in [-0.25, -0.2) is 4.39 Å². The minimum absolute atomic E-state index is 0.0457. The Morgan fingerprint density at radius 2 is 1.57 bits per heavy atom. The Morgan fingerprint density at radius 3 is 2.46 bits per heavy atom. The first-order chi connectivity index (χ1) is 13.8. The number of aromatic nitrogens is 1. The average molecular weight is 364 g/mol. The van der Waals surface area contributed by atoms with E-state index >= 15 is 0 Å². The van der Waals surface area contributed by atoms with Gasteiger partial charge in [-0.15, -0.1) is 0 Å². The molecule has 0 amide bonds. The second kappa shape index (κ2) is 5.70. The summed E-state index contributed by atoms with van der Waals surface area (Å²) in [7, 11) is 0. The smallest absolute Gasteiger partial charge is 0.123 e. The Balaban J connectivity index is 1.70. The lowest BCUT2D eigenvalue weighted by atomic mass is 9.88. The molecule has 0 radical (unpaired) electrons. The highest BCUT2D eigenvalue weighted by atomic mass is 19.1. The maximum Gasteiger partial charge on any atom is 0.123 e. The van der Waals surface area contributed by atoms with Gasteiger partial charge in [0.25, 0.3) is 0 Å². The van der Waals surface area contributed by atoms with E-state index in [1.165, 1.54) is 22.9 Å². The van der Waals surface area contributed by atoms with Crippen molar-refractivity contribution in [1.82, 2.24) is 4.57 Å². The van der Waals surface area contributed by atoms with E-state index in [-0.39, 0.29) is 11.9 Å². The van der Waals surface area contributed by atoms with Gasteiger partial charge in [-0.3, -0.25) is 0 Å². The summed E-state index contributed by atoms with van der Waals surface area (Å²) in [6.45, 7) is 0. The summed E-state index contributed by atoms with van der Waals surface area (Å²) in [6, 6.07) is 28.1. The van der Waals surface area contributed by atoms with Crippen molar-refractivity contribution in [3.63, 3.8) is 0 Å². The molecule has 1 atom stereocenters. The van der Waals surface area contributed by atoms with Gasteiger partial charge in [0.15, 0.2) is 0 Å². The molecule has 3 heterocycles. The summed E-state index contributed by atoms with van der Waals surface area (Å²) in [5.74, 6) is -0.220. The number of anilines is 1. The van der Waals surface area contributed by atoms with E-state index in [4.69, 9.17) is 0 Å². The van der Waals surface area contributed by atoms with Crippen LogP contribution in [-0.2, 0) is 0 Å². The standard InChI is InChI=1S/C25H17FN2/c26-19-9-5-8-18(15-19)24-16-17-7-1-2-10-20(17)25-23-13-6-14-27(23)21-11-3-4-12-22(21)28(24)25/h1-16,25H. The van der Waals surface area contributed by atoms with Crippen molar-refractivity contribution in [3.05, 3.63) is 119 Å². The van der Waals surface area contributed by atoms with Gasteiger partial charge in [-0.1, -0.05) is 48.5 Å². The summed E-state index contributed by atoms with van der Waals surface area (Å²) in [5.41, 5.74) is 7.82. The lowest BCUT2D eigenvalue weighted by molar-refractivity contribution is 0.627. The minimum Gasteiger partial charge on any atom is -0.326 e. The van der Waals surface area contributed by atoms with Crippen molar-refractivity contribution in [2.24, 2.45) is 0 Å². The number of hydrogen-bond donors (Lipinski definition) is 0. The maximum absolute atomic E-state index is 14.1. The highest BCUT2D eigenvalue weighted by Gasteiger charge is 2.37. The van der Waals surface area contributed by atoms with Crippen LogP contribution in [0.15, 0.2) is 91.1 Å². The molecule has 134 valence electrons. The third-order valence-corrected chi connectivity index (χ3v) is 5.68. The highest BCUT2D eigenvalue weighted by molar-refractivity contribution is 5.96. The van der Waals surface area contributed by atoms with Crippen LogP contribution in [0, 0.1) is 5.82 Å². The molecule has 2 aliphatic rings. The van der Waals surface area contributed by atoms with Crippen molar-refractivity contribution in [2.75, 3.05) is 4.90 Å². The Kier molecular flexibility index (Phi) is 3.15. The van der Waals surface area contributed by atoms with E-state index in [1.54, 1.807) is 12.1 Å². The van der Waals surface area contributed by atoms with Crippen molar-refractivity contribution >= 4 is 17.5 Å². The molecular weight excluding hydrogens is 347 g/mol. The molecule has 6 rings (SSSR count). The quantitative estimate of drug-likeness (QED) is 0.400. The zero-order valence-electron chi connectivity index (χ0n) is 15.1. The van der Waals surface area contributed by atoms with Crippen molar-refractivity contribution in [1.29, 1.82) is 0 Å². The monoisotopic (exact) mass is 364 g/mol. The molecule has 0 spiro atoms. The van der Waals surface area contributed by atoms with E-state index < -0.39 is 0 Å². The predicted molar refractivity (Wildman–Crippen MR) is 111 cm³/mol. The van der Waals surface area contributed by atoms with Crippen molar-refractivity contribution in [3.8, 4) is 5.69 Å². The highest BCUT2D eigenvalue weighted by Crippen LogP contribution is 2.50. The normalized spacial score (nSPS) is 16.5. The van der Waals surface area contributed by atoms with Crippen LogP contribution in [0.4, 0.5) is 10.1 Å². The SMILES string of the molecule is Fc1cccc(C2=Cc3ccccc3C3c4cccn4-c4ccccc4N23)c1. The summed E-state index contributed by atoms with van der Waals surface area (Å²) in [5, 5.41) is 0. The maximum atomic E-state index is 14.1. The first-order valence-electron chi connectivity index (χ1n) is 9.44. The topological polar surface area (TPSA) is 8.17 Å². The van der Waals surface area contributed by atoms with Crippen LogP contribution in [0.5, 0.6) is 0 Å². The minimum atomic E-state index is -0.220. The molecule has 1 unspecified atom stereocenters. The van der Waals surface area contributed by atoms with Crippen LogP contribution >= 0.6 is 0 Å². The lowest BCUT2D eigenvalue weighted by Crippen LogP contribution is -2.36. The molecular formula is C25H17FN2. The zero-order chi connectivity index (χ0) is 18.7. The van der Waals surface area contributed by atoms with E-state index in [0.29, 0.717) is 0 Å². The van der Waals surface area contributed by atoms with E-state index in [9.17, 15) is 4.39 Å². The fraction of sp³-hybridized carbons (Fsp3) is 0.0400. The number of rotatable bonds is 1. The first-order valence-corrected chi connectivity index (χ1v) is 9.44. The van der Waals surface area contributed by atoms with E-state index in [0.717, 1.165) is 22.6 Å². The summed E-state index contributed by atoms with van der Waals surface area (Å²) in [4.78, 5) is 2.35. The van der Waals surface area contributed by atoms with Gasteiger partial charge >= 0.3 is 0 Å². The summed E-state index contributed by atoms with van der Waals surface area (Å²) in [6.07, 6.45) is 4.30. The molecule has 3 heteroatoms. The lowest BCUT2D eigenvalue weighted by Gasteiger charge is -2.44. The molecule has 0 fully saturated rings. The van der Waals surface area contributed by atoms with Crippen LogP contribution in [0.2, 0.25) is 0 Å². The van der Waals surface area contributed by atoms with Gasteiger partial charge < -0.3 is 9.47 Å². The summed E-state index contributed by atoms with van der Waals surface area (Å²) >= 11 is 0. The van der Waals surface area contributed by atoms with Crippen LogP contribution in [-0.4, -0.2) is 4.57 Å². The largest absolute Gasteiger partial charge is 0.326 e. The van der Waals surface area contributed by atoms with Crippen LogP contribution in [0.3, 0.4) is 0 Å². The Morgan fingerprint density at radius 1 is 0.750 bits per heavy atom. The molecule has 3 aromatic carbocycles. The Hall–Kier alpha value is -3.59. The third-order valence-electron chi connectivity index (χ3n) is 5.68. The number of halogens is 1. The van der Waals surface area contributed by atoms with Gasteiger partial charge in [0.2, 0.25) is 0 Å². The zero-order valence-corrected chi connectivity index (χ0v) is 15.1. The van der Waals surface area contributed by atoms with E-state index in [2.05, 4.69) is 82.4 Å². The molecule has 1 aromatic heterocycles. The second-order valence-corrected chi connectivity index (χ2v) is 7.23. The van der Waals surface area contributed by atoms with Crippen LogP contribution < -0.4 is 4.90 Å². The molecule has 0 saturated carbocycles. The van der Waals surface area contributed by atoms with Gasteiger partial charge in [0, 0.05) is 11.8 Å². The number of hydrogen-bond acceptors (Lipinski definition) is 1. The molecule has 0 bridgehead atoms. The van der Waals surface area contributed by atoms with Crippen molar-refractivity contribution in [2.45, 2.75) is 6.04 Å². The molecule has 2 nitrogen and oxygen atoms in total. The molecule has 0 aliphatic carbocycles. The second-order valence-electron chi connectivity index (χ2n) is 7.23. The summed E-state index contributed by atoms with van der Waals surface area (Å²) < 4.78 is 16.3. The number of nitrogens with zero attached hydrogens (tertiary/aromatic N) is 2. The molecule has 28 heavy (non-hydrogen) atoms. The van der Waals surface area contributed by atoms with Crippen LogP contribution in [0.1, 0.15) is 28.4 Å². The number of benzene rings is 3. The molecule has 0 N–H and O–H groups in total. The van der Waals surface area contributed by atoms with Gasteiger partial charge in [-0.05, 0) is 53.6 Å². The number of para-hydroxylation sites is 2. The van der Waals surface area contributed by atoms with Gasteiger partial charge in [0.1, 0.15) is 11.9 Å². The third kappa shape index (κ3) is 2.07. The fourth-order valence-electron chi connectivity index (χ4n) is 4.52. The molecule has 0 saturated heterocycles. The van der Waals surface area contributed by atoms with Crippen LogP contribution in [0.25, 0.3) is 17.5 Å². The number of fused-ring (bicyclic) bond motifs is 8. The predicted octanol–water partition coefficient (Wildman–Crippen LogP) is 6.04. The molecule has 2 aliphatic heterocycles. The Bertz CT molecular complexity index is 1250. The average Bonchev–Trinajstić information content (AvgIpc) is 3.23. The van der Waals surface area contributed by atoms with E-state index in [1.807, 2.05) is 6.07 Å². The molecule has 4 aromatic rings. The van der Waals surface area contributed by atoms with Gasteiger partial charge in [0.05, 0.1) is 22.8 Å².